The standard InChI is InChI=1S/C16H24N2O2S/c1-5-13-14(19)17-16(4,6-2)15(20)18(13)11(3)9-12-7-8-21-10-12/h7-8,10-11,13H,5-6,9H2,1-4H3,(H,17,19). The van der Waals surface area contributed by atoms with Gasteiger partial charge in [-0.2, -0.15) is 11.3 Å². The first kappa shape index (κ1) is 16.0. The molecule has 0 bridgehead atoms. The Bertz CT molecular complexity index is 514. The van der Waals surface area contributed by atoms with Crippen LogP contribution in [0.5, 0.6) is 0 Å². The largest absolute Gasteiger partial charge is 0.340 e. The molecule has 0 aromatic carbocycles. The molecule has 1 aliphatic rings. The van der Waals surface area contributed by atoms with Crippen LogP contribution in [0.15, 0.2) is 16.8 Å². The third kappa shape index (κ3) is 2.98. The minimum atomic E-state index is -0.772. The van der Waals surface area contributed by atoms with E-state index in [4.69, 9.17) is 0 Å². The molecular weight excluding hydrogens is 284 g/mol. The molecule has 1 aliphatic heterocycles. The highest BCUT2D eigenvalue weighted by atomic mass is 32.1. The van der Waals surface area contributed by atoms with Gasteiger partial charge in [-0.15, -0.1) is 0 Å². The molecule has 4 nitrogen and oxygen atoms in total. The van der Waals surface area contributed by atoms with Crippen molar-refractivity contribution < 1.29 is 9.59 Å². The second kappa shape index (κ2) is 6.18. The van der Waals surface area contributed by atoms with Gasteiger partial charge in [0.2, 0.25) is 11.8 Å². The molecule has 0 aliphatic carbocycles. The summed E-state index contributed by atoms with van der Waals surface area (Å²) in [6.45, 7) is 7.75. The average molecular weight is 308 g/mol. The monoisotopic (exact) mass is 308 g/mol. The van der Waals surface area contributed by atoms with Gasteiger partial charge in [-0.1, -0.05) is 13.8 Å². The second-order valence-corrected chi connectivity index (χ2v) is 6.78. The number of rotatable bonds is 5. The van der Waals surface area contributed by atoms with Gasteiger partial charge in [0.15, 0.2) is 0 Å². The molecule has 2 rings (SSSR count). The van der Waals surface area contributed by atoms with Crippen molar-refractivity contribution in [1.82, 2.24) is 10.2 Å². The fourth-order valence-corrected chi connectivity index (χ4v) is 3.62. The first-order valence-corrected chi connectivity index (χ1v) is 8.53. The van der Waals surface area contributed by atoms with Crippen LogP contribution in [0, 0.1) is 0 Å². The molecule has 3 unspecified atom stereocenters. The summed E-state index contributed by atoms with van der Waals surface area (Å²) in [6.07, 6.45) is 2.04. The predicted octanol–water partition coefficient (Wildman–Crippen LogP) is 2.58. The first-order valence-electron chi connectivity index (χ1n) is 7.58. The van der Waals surface area contributed by atoms with E-state index in [0.29, 0.717) is 12.8 Å². The van der Waals surface area contributed by atoms with Crippen LogP contribution in [-0.2, 0) is 16.0 Å². The lowest BCUT2D eigenvalue weighted by atomic mass is 9.89. The van der Waals surface area contributed by atoms with Crippen molar-refractivity contribution in [2.24, 2.45) is 0 Å². The highest BCUT2D eigenvalue weighted by Gasteiger charge is 2.47. The molecule has 1 N–H and O–H groups in total. The lowest BCUT2D eigenvalue weighted by Gasteiger charge is -2.46. The summed E-state index contributed by atoms with van der Waals surface area (Å²) < 4.78 is 0. The van der Waals surface area contributed by atoms with Crippen LogP contribution in [-0.4, -0.2) is 34.3 Å². The molecule has 0 saturated carbocycles. The van der Waals surface area contributed by atoms with E-state index < -0.39 is 5.54 Å². The quantitative estimate of drug-likeness (QED) is 0.909. The van der Waals surface area contributed by atoms with Crippen molar-refractivity contribution in [3.05, 3.63) is 22.4 Å². The van der Waals surface area contributed by atoms with Crippen molar-refractivity contribution in [2.45, 2.75) is 64.6 Å². The fourth-order valence-electron chi connectivity index (χ4n) is 2.94. The molecular formula is C16H24N2O2S. The smallest absolute Gasteiger partial charge is 0.248 e. The minimum absolute atomic E-state index is 0.0222. The van der Waals surface area contributed by atoms with E-state index in [-0.39, 0.29) is 23.9 Å². The Morgan fingerprint density at radius 3 is 2.67 bits per heavy atom. The zero-order valence-corrected chi connectivity index (χ0v) is 14.0. The normalized spacial score (nSPS) is 27.6. The summed E-state index contributed by atoms with van der Waals surface area (Å²) in [5, 5.41) is 7.05. The molecule has 2 heterocycles. The average Bonchev–Trinajstić information content (AvgIpc) is 2.95. The van der Waals surface area contributed by atoms with Crippen molar-refractivity contribution in [1.29, 1.82) is 0 Å². The Kier molecular flexibility index (Phi) is 4.71. The van der Waals surface area contributed by atoms with Gasteiger partial charge in [0.1, 0.15) is 11.6 Å². The SMILES string of the molecule is CCC1C(=O)NC(C)(CC)C(=O)N1C(C)Cc1ccsc1. The zero-order chi connectivity index (χ0) is 15.6. The van der Waals surface area contributed by atoms with E-state index in [9.17, 15) is 9.59 Å². The third-order valence-corrected chi connectivity index (χ3v) is 5.16. The van der Waals surface area contributed by atoms with Crippen LogP contribution in [0.1, 0.15) is 46.1 Å². The molecule has 1 saturated heterocycles. The summed E-state index contributed by atoms with van der Waals surface area (Å²) in [5.41, 5.74) is 0.449. The van der Waals surface area contributed by atoms with Crippen LogP contribution in [0.2, 0.25) is 0 Å². The van der Waals surface area contributed by atoms with Gasteiger partial charge in [-0.25, -0.2) is 0 Å². The first-order chi connectivity index (χ1) is 9.92. The number of carbonyl (C=O) groups is 2. The van der Waals surface area contributed by atoms with Gasteiger partial charge >= 0.3 is 0 Å². The lowest BCUT2D eigenvalue weighted by molar-refractivity contribution is -0.157. The Morgan fingerprint density at radius 2 is 2.14 bits per heavy atom. The van der Waals surface area contributed by atoms with Crippen LogP contribution in [0.4, 0.5) is 0 Å². The molecule has 21 heavy (non-hydrogen) atoms. The van der Waals surface area contributed by atoms with Gasteiger partial charge in [-0.3, -0.25) is 9.59 Å². The maximum absolute atomic E-state index is 12.9. The van der Waals surface area contributed by atoms with Crippen LogP contribution in [0.25, 0.3) is 0 Å². The van der Waals surface area contributed by atoms with Crippen molar-refractivity contribution >= 4 is 23.2 Å². The molecule has 0 spiro atoms. The maximum atomic E-state index is 12.9. The van der Waals surface area contributed by atoms with Crippen molar-refractivity contribution in [3.8, 4) is 0 Å². The molecule has 0 radical (unpaired) electrons. The van der Waals surface area contributed by atoms with E-state index in [1.807, 2.05) is 33.1 Å². The number of nitrogens with one attached hydrogen (secondary N) is 1. The van der Waals surface area contributed by atoms with E-state index >= 15 is 0 Å². The number of nitrogens with zero attached hydrogens (tertiary/aromatic N) is 1. The summed E-state index contributed by atoms with van der Waals surface area (Å²) in [5.74, 6) is 0.0119. The topological polar surface area (TPSA) is 49.4 Å². The summed E-state index contributed by atoms with van der Waals surface area (Å²) in [6, 6.07) is 1.75. The van der Waals surface area contributed by atoms with Crippen LogP contribution < -0.4 is 5.32 Å². The Morgan fingerprint density at radius 1 is 1.43 bits per heavy atom. The van der Waals surface area contributed by atoms with Gasteiger partial charge in [0.25, 0.3) is 0 Å². The number of thiophene rings is 1. The molecule has 1 aromatic heterocycles. The highest BCUT2D eigenvalue weighted by Crippen LogP contribution is 2.26. The Labute approximate surface area is 130 Å². The van der Waals surface area contributed by atoms with Crippen LogP contribution >= 0.6 is 11.3 Å². The molecule has 1 fully saturated rings. The number of amides is 2. The van der Waals surface area contributed by atoms with E-state index in [0.717, 1.165) is 6.42 Å². The van der Waals surface area contributed by atoms with Gasteiger partial charge in [0.05, 0.1) is 0 Å². The number of piperazine rings is 1. The molecule has 116 valence electrons. The Balaban J connectivity index is 2.26. The van der Waals surface area contributed by atoms with E-state index in [1.165, 1.54) is 5.56 Å². The van der Waals surface area contributed by atoms with Crippen molar-refractivity contribution in [2.75, 3.05) is 0 Å². The number of hydrogen-bond acceptors (Lipinski definition) is 3. The van der Waals surface area contributed by atoms with E-state index in [1.54, 1.807) is 16.2 Å². The number of carbonyl (C=O) groups excluding carboxylic acids is 2. The maximum Gasteiger partial charge on any atom is 0.248 e. The summed E-state index contributed by atoms with van der Waals surface area (Å²) >= 11 is 1.66. The predicted molar refractivity (Wildman–Crippen MR) is 85.2 cm³/mol. The Hall–Kier alpha value is -1.36. The fraction of sp³-hybridized carbons (Fsp3) is 0.625. The van der Waals surface area contributed by atoms with Crippen LogP contribution in [0.3, 0.4) is 0 Å². The summed E-state index contributed by atoms with van der Waals surface area (Å²) in [4.78, 5) is 27.0. The minimum Gasteiger partial charge on any atom is -0.340 e. The molecule has 5 heteroatoms. The zero-order valence-electron chi connectivity index (χ0n) is 13.2. The highest BCUT2D eigenvalue weighted by molar-refractivity contribution is 7.07. The van der Waals surface area contributed by atoms with E-state index in [2.05, 4.69) is 16.8 Å². The van der Waals surface area contributed by atoms with Gasteiger partial charge in [-0.05, 0) is 55.5 Å². The number of hydrogen-bond donors (Lipinski definition) is 1. The third-order valence-electron chi connectivity index (χ3n) is 4.42. The second-order valence-electron chi connectivity index (χ2n) is 6.00. The van der Waals surface area contributed by atoms with Gasteiger partial charge in [0, 0.05) is 6.04 Å². The molecule has 2 amide bonds. The van der Waals surface area contributed by atoms with Gasteiger partial charge < -0.3 is 10.2 Å². The summed E-state index contributed by atoms with van der Waals surface area (Å²) in [7, 11) is 0. The molecule has 1 aromatic rings. The lowest BCUT2D eigenvalue weighted by Crippen LogP contribution is -2.70. The van der Waals surface area contributed by atoms with Crippen molar-refractivity contribution in [3.63, 3.8) is 0 Å². The molecule has 3 atom stereocenters.